The van der Waals surface area contributed by atoms with E-state index in [0.29, 0.717) is 21.6 Å². The second-order valence-corrected chi connectivity index (χ2v) is 7.26. The lowest BCUT2D eigenvalue weighted by Crippen LogP contribution is -2.38. The molecule has 1 aromatic carbocycles. The maximum atomic E-state index is 12.8. The highest BCUT2D eigenvalue weighted by Gasteiger charge is 2.22. The molecule has 0 amide bonds. The first kappa shape index (κ1) is 16.8. The van der Waals surface area contributed by atoms with E-state index < -0.39 is 5.54 Å². The van der Waals surface area contributed by atoms with Crippen LogP contribution < -0.4 is 5.56 Å². The van der Waals surface area contributed by atoms with Crippen LogP contribution in [-0.4, -0.2) is 30.9 Å². The van der Waals surface area contributed by atoms with E-state index in [1.807, 2.05) is 30.3 Å². The zero-order valence-corrected chi connectivity index (χ0v) is 15.1. The van der Waals surface area contributed by atoms with Crippen molar-refractivity contribution in [3.05, 3.63) is 64.3 Å². The van der Waals surface area contributed by atoms with E-state index in [4.69, 9.17) is 11.6 Å². The SMILES string of the molecule is CC(C)(CO)n1ccc2c(cnc3c(-c4ccc(Cl)cc4)cnn32)c1=O. The number of rotatable bonds is 3. The van der Waals surface area contributed by atoms with Crippen molar-refractivity contribution in [1.82, 2.24) is 19.2 Å². The van der Waals surface area contributed by atoms with E-state index in [1.54, 1.807) is 37.0 Å². The first-order valence-corrected chi connectivity index (χ1v) is 8.55. The number of benzene rings is 1. The van der Waals surface area contributed by atoms with E-state index in [0.717, 1.165) is 11.1 Å². The maximum Gasteiger partial charge on any atom is 0.262 e. The van der Waals surface area contributed by atoms with E-state index >= 15 is 0 Å². The fourth-order valence-corrected chi connectivity index (χ4v) is 3.13. The lowest BCUT2D eigenvalue weighted by atomic mass is 10.1. The summed E-state index contributed by atoms with van der Waals surface area (Å²) in [5.74, 6) is 0. The second kappa shape index (κ2) is 5.93. The number of halogens is 1. The van der Waals surface area contributed by atoms with Crippen LogP contribution in [0.3, 0.4) is 0 Å². The van der Waals surface area contributed by atoms with Gasteiger partial charge in [-0.1, -0.05) is 23.7 Å². The predicted molar refractivity (Wildman–Crippen MR) is 102 cm³/mol. The Morgan fingerprint density at radius 2 is 1.88 bits per heavy atom. The second-order valence-electron chi connectivity index (χ2n) is 6.82. The Bertz CT molecular complexity index is 1180. The Balaban J connectivity index is 1.96. The molecule has 6 nitrogen and oxygen atoms in total. The number of aromatic nitrogens is 4. The number of hydrogen-bond donors (Lipinski definition) is 1. The van der Waals surface area contributed by atoms with Crippen molar-refractivity contribution in [2.45, 2.75) is 19.4 Å². The Kier molecular flexibility index (Phi) is 3.82. The first-order valence-electron chi connectivity index (χ1n) is 8.18. The summed E-state index contributed by atoms with van der Waals surface area (Å²) in [7, 11) is 0. The third kappa shape index (κ3) is 2.50. The molecular formula is C19H17ClN4O2. The Morgan fingerprint density at radius 1 is 1.15 bits per heavy atom. The van der Waals surface area contributed by atoms with Gasteiger partial charge in [0.15, 0.2) is 5.65 Å². The summed E-state index contributed by atoms with van der Waals surface area (Å²) >= 11 is 5.96. The van der Waals surface area contributed by atoms with Crippen LogP contribution in [0.25, 0.3) is 27.7 Å². The van der Waals surface area contributed by atoms with Gasteiger partial charge in [-0.3, -0.25) is 4.79 Å². The van der Waals surface area contributed by atoms with Gasteiger partial charge >= 0.3 is 0 Å². The molecule has 0 atom stereocenters. The molecule has 0 radical (unpaired) electrons. The molecule has 0 aliphatic carbocycles. The first-order chi connectivity index (χ1) is 12.4. The highest BCUT2D eigenvalue weighted by atomic mass is 35.5. The molecule has 0 bridgehead atoms. The van der Waals surface area contributed by atoms with E-state index in [2.05, 4.69) is 10.1 Å². The van der Waals surface area contributed by atoms with Crippen LogP contribution in [-0.2, 0) is 5.54 Å². The average molecular weight is 369 g/mol. The van der Waals surface area contributed by atoms with Gasteiger partial charge in [0.05, 0.1) is 29.2 Å². The lowest BCUT2D eigenvalue weighted by Gasteiger charge is -2.25. The fraction of sp³-hybridized carbons (Fsp3) is 0.211. The van der Waals surface area contributed by atoms with Gasteiger partial charge in [0, 0.05) is 23.0 Å². The normalized spacial score (nSPS) is 12.2. The number of fused-ring (bicyclic) bond motifs is 3. The van der Waals surface area contributed by atoms with Crippen LogP contribution in [0.1, 0.15) is 13.8 Å². The number of pyridine rings is 1. The fourth-order valence-electron chi connectivity index (χ4n) is 3.00. The van der Waals surface area contributed by atoms with Gasteiger partial charge in [0.25, 0.3) is 5.56 Å². The number of nitrogens with zero attached hydrogens (tertiary/aromatic N) is 4. The lowest BCUT2D eigenvalue weighted by molar-refractivity contribution is 0.161. The Morgan fingerprint density at radius 3 is 2.58 bits per heavy atom. The third-order valence-corrected chi connectivity index (χ3v) is 4.84. The number of aliphatic hydroxyl groups is 1. The molecule has 3 aromatic heterocycles. The van der Waals surface area contributed by atoms with Crippen molar-refractivity contribution in [3.63, 3.8) is 0 Å². The largest absolute Gasteiger partial charge is 0.394 e. The highest BCUT2D eigenvalue weighted by molar-refractivity contribution is 6.30. The molecule has 1 N–H and O–H groups in total. The summed E-state index contributed by atoms with van der Waals surface area (Å²) in [6.07, 6.45) is 4.98. The van der Waals surface area contributed by atoms with Gasteiger partial charge in [-0.15, -0.1) is 0 Å². The summed E-state index contributed by atoms with van der Waals surface area (Å²) in [5, 5.41) is 15.1. The van der Waals surface area contributed by atoms with Gasteiger partial charge in [-0.05, 0) is 37.6 Å². The summed E-state index contributed by atoms with van der Waals surface area (Å²) < 4.78 is 3.18. The molecule has 26 heavy (non-hydrogen) atoms. The highest BCUT2D eigenvalue weighted by Crippen LogP contribution is 2.26. The molecule has 0 aliphatic rings. The van der Waals surface area contributed by atoms with Gasteiger partial charge in [0.1, 0.15) is 0 Å². The molecule has 0 fully saturated rings. The molecule has 0 unspecified atom stereocenters. The summed E-state index contributed by atoms with van der Waals surface area (Å²) in [4.78, 5) is 17.3. The smallest absolute Gasteiger partial charge is 0.262 e. The molecule has 3 heterocycles. The van der Waals surface area contributed by atoms with Crippen LogP contribution in [0.2, 0.25) is 5.02 Å². The van der Waals surface area contributed by atoms with Gasteiger partial charge in [0.2, 0.25) is 0 Å². The van der Waals surface area contributed by atoms with Crippen LogP contribution in [0.5, 0.6) is 0 Å². The molecule has 7 heteroatoms. The van der Waals surface area contributed by atoms with Crippen LogP contribution >= 0.6 is 11.6 Å². The molecule has 0 aliphatic heterocycles. The molecule has 4 rings (SSSR count). The van der Waals surface area contributed by atoms with Gasteiger partial charge in [-0.25, -0.2) is 9.50 Å². The Labute approximate surface area is 154 Å². The minimum Gasteiger partial charge on any atom is -0.394 e. The standard InChI is InChI=1S/C19H17ClN4O2/c1-19(2,11-25)23-8-7-16-15(18(23)26)9-21-17-14(10-22-24(16)17)12-3-5-13(20)6-4-12/h3-10,25H,11H2,1-2H3. The minimum atomic E-state index is -0.696. The minimum absolute atomic E-state index is 0.142. The zero-order chi connectivity index (χ0) is 18.5. The van der Waals surface area contributed by atoms with Gasteiger partial charge in [-0.2, -0.15) is 5.10 Å². The van der Waals surface area contributed by atoms with Crippen LogP contribution in [0.15, 0.2) is 53.7 Å². The molecule has 0 spiro atoms. The van der Waals surface area contributed by atoms with Crippen molar-refractivity contribution in [2.75, 3.05) is 6.61 Å². The van der Waals surface area contributed by atoms with Crippen molar-refractivity contribution in [2.24, 2.45) is 0 Å². The van der Waals surface area contributed by atoms with Crippen molar-refractivity contribution >= 4 is 28.2 Å². The van der Waals surface area contributed by atoms with E-state index in [9.17, 15) is 9.90 Å². The van der Waals surface area contributed by atoms with Crippen LogP contribution in [0.4, 0.5) is 0 Å². The zero-order valence-electron chi connectivity index (χ0n) is 14.3. The monoisotopic (exact) mass is 368 g/mol. The van der Waals surface area contributed by atoms with E-state index in [1.165, 1.54) is 4.57 Å². The molecular weight excluding hydrogens is 352 g/mol. The van der Waals surface area contributed by atoms with Crippen LogP contribution in [0, 0.1) is 0 Å². The average Bonchev–Trinajstić information content (AvgIpc) is 3.07. The quantitative estimate of drug-likeness (QED) is 0.603. The summed E-state index contributed by atoms with van der Waals surface area (Å²) in [6, 6.07) is 9.27. The van der Waals surface area contributed by atoms with Gasteiger partial charge < -0.3 is 9.67 Å². The predicted octanol–water partition coefficient (Wildman–Crippen LogP) is 3.09. The van der Waals surface area contributed by atoms with Crippen molar-refractivity contribution < 1.29 is 5.11 Å². The summed E-state index contributed by atoms with van der Waals surface area (Å²) in [5.41, 5.74) is 2.25. The maximum absolute atomic E-state index is 12.8. The topological polar surface area (TPSA) is 72.4 Å². The van der Waals surface area contributed by atoms with E-state index in [-0.39, 0.29) is 12.2 Å². The number of hydrogen-bond acceptors (Lipinski definition) is 4. The molecule has 132 valence electrons. The molecule has 0 saturated carbocycles. The summed E-state index contributed by atoms with van der Waals surface area (Å²) in [6.45, 7) is 3.47. The molecule has 0 saturated heterocycles. The Hall–Kier alpha value is -2.70. The third-order valence-electron chi connectivity index (χ3n) is 4.59. The number of aliphatic hydroxyl groups excluding tert-OH is 1. The van der Waals surface area contributed by atoms with Crippen molar-refractivity contribution in [1.29, 1.82) is 0 Å². The molecule has 4 aromatic rings. The van der Waals surface area contributed by atoms with Crippen molar-refractivity contribution in [3.8, 4) is 11.1 Å².